The second kappa shape index (κ2) is 11.1. The minimum Gasteiger partial charge on any atom is -0.458 e. The molecule has 3 heterocycles. The lowest BCUT2D eigenvalue weighted by atomic mass is 9.80. The van der Waals surface area contributed by atoms with Crippen molar-refractivity contribution in [2.24, 2.45) is 17.6 Å². The van der Waals surface area contributed by atoms with E-state index >= 15 is 0 Å². The second-order valence-corrected chi connectivity index (χ2v) is 11.4. The summed E-state index contributed by atoms with van der Waals surface area (Å²) in [5.41, 5.74) is 8.02. The first kappa shape index (κ1) is 26.2. The minimum absolute atomic E-state index is 0.0821. The summed E-state index contributed by atoms with van der Waals surface area (Å²) < 4.78 is 5.78. The summed E-state index contributed by atoms with van der Waals surface area (Å²) in [4.78, 5) is 44.2. The molecule has 0 spiro atoms. The largest absolute Gasteiger partial charge is 0.458 e. The molecule has 3 aromatic rings. The van der Waals surface area contributed by atoms with Gasteiger partial charge < -0.3 is 15.1 Å². The number of primary amides is 1. The van der Waals surface area contributed by atoms with E-state index in [9.17, 15) is 14.4 Å². The Morgan fingerprint density at radius 2 is 1.74 bits per heavy atom. The summed E-state index contributed by atoms with van der Waals surface area (Å²) in [6, 6.07) is 13.6. The fourth-order valence-electron chi connectivity index (χ4n) is 6.17. The highest BCUT2D eigenvalue weighted by atomic mass is 32.1. The van der Waals surface area contributed by atoms with Crippen molar-refractivity contribution in [2.45, 2.75) is 64.0 Å². The number of amides is 2. The number of likely N-dealkylation sites (tertiary alicyclic amines) is 1. The van der Waals surface area contributed by atoms with Gasteiger partial charge in [0.2, 0.25) is 17.6 Å². The van der Waals surface area contributed by atoms with Crippen LogP contribution in [0.2, 0.25) is 0 Å². The van der Waals surface area contributed by atoms with E-state index in [2.05, 4.69) is 0 Å². The maximum absolute atomic E-state index is 14.2. The van der Waals surface area contributed by atoms with Crippen LogP contribution in [0.1, 0.15) is 70.3 Å². The Balaban J connectivity index is 1.68. The Morgan fingerprint density at radius 3 is 2.34 bits per heavy atom. The maximum atomic E-state index is 14.2. The number of carbonyl (C=O) groups excluding carboxylic acids is 3. The van der Waals surface area contributed by atoms with Crippen molar-refractivity contribution in [2.75, 3.05) is 0 Å². The number of nitrogens with zero attached hydrogens (tertiary/aromatic N) is 1. The number of furan rings is 1. The van der Waals surface area contributed by atoms with Crippen LogP contribution in [0, 0.1) is 25.7 Å². The van der Waals surface area contributed by atoms with Gasteiger partial charge in [-0.2, -0.15) is 0 Å². The average molecular weight is 531 g/mol. The molecule has 38 heavy (non-hydrogen) atoms. The Bertz CT molecular complexity index is 1330. The smallest absolute Gasteiger partial charge is 0.240 e. The van der Waals surface area contributed by atoms with Gasteiger partial charge in [0.15, 0.2) is 5.76 Å². The zero-order chi connectivity index (χ0) is 26.8. The van der Waals surface area contributed by atoms with Crippen LogP contribution >= 0.6 is 11.3 Å². The number of aryl methyl sites for hydroxylation is 2. The van der Waals surface area contributed by atoms with Crippen LogP contribution < -0.4 is 5.73 Å². The number of Topliss-reactive ketones (excluding diaryl/α,β-unsaturated/α-hetero) is 1. The van der Waals surface area contributed by atoms with Gasteiger partial charge in [0.05, 0.1) is 12.0 Å². The predicted octanol–water partition coefficient (Wildman–Crippen LogP) is 5.90. The van der Waals surface area contributed by atoms with Gasteiger partial charge in [0, 0.05) is 16.7 Å². The predicted molar refractivity (Wildman–Crippen MR) is 149 cm³/mol. The summed E-state index contributed by atoms with van der Waals surface area (Å²) in [6.45, 7) is 3.77. The summed E-state index contributed by atoms with van der Waals surface area (Å²) in [7, 11) is 0. The molecule has 2 aromatic heterocycles. The highest BCUT2D eigenvalue weighted by Crippen LogP contribution is 2.48. The zero-order valence-electron chi connectivity index (χ0n) is 21.8. The van der Waals surface area contributed by atoms with E-state index in [0.717, 1.165) is 48.1 Å². The Hall–Kier alpha value is -3.45. The lowest BCUT2D eigenvalue weighted by Gasteiger charge is -2.33. The quantitative estimate of drug-likeness (QED) is 0.385. The SMILES string of the molecule is Cc1ccc(C(=O)C2C(c3sccc3C)C(C(N)=O)N(C(=O)C3CCCCC3)C2C=Cc2ccccc2)o1. The standard InChI is InChI=1S/C31H34N2O4S/c1-19-17-18-38-29(19)26-25(28(34)24-16-13-20(2)37-24)23(15-14-21-9-5-3-6-10-21)33(27(26)30(32)35)31(36)22-11-7-4-8-12-22/h3,5-6,9-10,13-18,22-23,25-27H,4,7-8,11-12H2,1-2H3,(H2,32,35). The molecule has 1 aromatic carbocycles. The number of hydrogen-bond acceptors (Lipinski definition) is 5. The topological polar surface area (TPSA) is 93.6 Å². The zero-order valence-corrected chi connectivity index (χ0v) is 22.7. The molecular weight excluding hydrogens is 496 g/mol. The molecule has 0 radical (unpaired) electrons. The van der Waals surface area contributed by atoms with Gasteiger partial charge in [-0.1, -0.05) is 61.7 Å². The number of thiophene rings is 1. The fraction of sp³-hybridized carbons (Fsp3) is 0.387. The van der Waals surface area contributed by atoms with E-state index in [1.165, 1.54) is 11.3 Å². The Labute approximate surface area is 227 Å². The first-order valence-corrected chi connectivity index (χ1v) is 14.2. The molecule has 2 N–H and O–H groups in total. The van der Waals surface area contributed by atoms with Gasteiger partial charge in [0.1, 0.15) is 11.8 Å². The van der Waals surface area contributed by atoms with Crippen molar-refractivity contribution in [1.82, 2.24) is 4.90 Å². The van der Waals surface area contributed by atoms with Gasteiger partial charge in [-0.05, 0) is 61.4 Å². The van der Waals surface area contributed by atoms with Crippen LogP contribution in [-0.2, 0) is 9.59 Å². The van der Waals surface area contributed by atoms with E-state index < -0.39 is 29.8 Å². The number of hydrogen-bond donors (Lipinski definition) is 1. The van der Waals surface area contributed by atoms with E-state index in [1.54, 1.807) is 24.0 Å². The summed E-state index contributed by atoms with van der Waals surface area (Å²) in [5, 5.41) is 1.96. The normalized spacial score (nSPS) is 24.2. The molecule has 198 valence electrons. The summed E-state index contributed by atoms with van der Waals surface area (Å²) >= 11 is 1.50. The average Bonchev–Trinajstić information content (AvgIpc) is 3.64. The van der Waals surface area contributed by atoms with Crippen LogP contribution in [0.15, 0.2) is 64.4 Å². The van der Waals surface area contributed by atoms with Gasteiger partial charge in [-0.25, -0.2) is 0 Å². The first-order valence-electron chi connectivity index (χ1n) is 13.4. The van der Waals surface area contributed by atoms with Crippen molar-refractivity contribution >= 4 is 35.0 Å². The molecule has 4 unspecified atom stereocenters. The van der Waals surface area contributed by atoms with Gasteiger partial charge in [0.25, 0.3) is 0 Å². The molecule has 1 saturated carbocycles. The molecule has 2 aliphatic rings. The van der Waals surface area contributed by atoms with E-state index in [4.69, 9.17) is 10.2 Å². The van der Waals surface area contributed by atoms with E-state index in [-0.39, 0.29) is 23.4 Å². The van der Waals surface area contributed by atoms with Crippen LogP contribution in [0.25, 0.3) is 6.08 Å². The first-order chi connectivity index (χ1) is 18.4. The van der Waals surface area contributed by atoms with E-state index in [1.807, 2.05) is 60.9 Å². The van der Waals surface area contributed by atoms with Crippen LogP contribution in [0.4, 0.5) is 0 Å². The molecule has 2 fully saturated rings. The third-order valence-electron chi connectivity index (χ3n) is 7.99. The van der Waals surface area contributed by atoms with Crippen molar-refractivity contribution < 1.29 is 18.8 Å². The highest BCUT2D eigenvalue weighted by Gasteiger charge is 2.57. The van der Waals surface area contributed by atoms with Crippen molar-refractivity contribution in [3.05, 3.63) is 87.5 Å². The molecule has 4 atom stereocenters. The molecular formula is C31H34N2O4S. The number of nitrogens with two attached hydrogens (primary N) is 1. The minimum atomic E-state index is -0.933. The maximum Gasteiger partial charge on any atom is 0.240 e. The van der Waals surface area contributed by atoms with E-state index in [0.29, 0.717) is 5.76 Å². The van der Waals surface area contributed by atoms with Gasteiger partial charge in [-0.3, -0.25) is 14.4 Å². The lowest BCUT2D eigenvalue weighted by molar-refractivity contribution is -0.143. The fourth-order valence-corrected chi connectivity index (χ4v) is 7.27. The van der Waals surface area contributed by atoms with Crippen molar-refractivity contribution in [3.8, 4) is 0 Å². The molecule has 1 saturated heterocycles. The lowest BCUT2D eigenvalue weighted by Crippen LogP contribution is -2.50. The van der Waals surface area contributed by atoms with Crippen molar-refractivity contribution in [3.63, 3.8) is 0 Å². The molecule has 1 aliphatic carbocycles. The monoisotopic (exact) mass is 530 g/mol. The Morgan fingerprint density at radius 1 is 1.00 bits per heavy atom. The summed E-state index contributed by atoms with van der Waals surface area (Å²) in [5.74, 6) is -1.48. The summed E-state index contributed by atoms with van der Waals surface area (Å²) in [6.07, 6.45) is 8.49. The molecule has 0 bridgehead atoms. The van der Waals surface area contributed by atoms with Gasteiger partial charge in [-0.15, -0.1) is 11.3 Å². The van der Waals surface area contributed by atoms with Gasteiger partial charge >= 0.3 is 0 Å². The number of carbonyl (C=O) groups is 3. The number of ketones is 1. The molecule has 2 amide bonds. The third kappa shape index (κ3) is 4.99. The molecule has 5 rings (SSSR count). The van der Waals surface area contributed by atoms with Crippen molar-refractivity contribution in [1.29, 1.82) is 0 Å². The highest BCUT2D eigenvalue weighted by molar-refractivity contribution is 7.10. The molecule has 1 aliphatic heterocycles. The van der Waals surface area contributed by atoms with Crippen LogP contribution in [0.3, 0.4) is 0 Å². The molecule has 6 nitrogen and oxygen atoms in total. The third-order valence-corrected chi connectivity index (χ3v) is 9.11. The number of rotatable bonds is 7. The number of benzene rings is 1. The molecule has 7 heteroatoms. The van der Waals surface area contributed by atoms with Crippen LogP contribution in [-0.4, -0.2) is 34.6 Å². The Kier molecular flexibility index (Phi) is 7.65. The second-order valence-electron chi connectivity index (χ2n) is 10.5. The van der Waals surface area contributed by atoms with Crippen LogP contribution in [0.5, 0.6) is 0 Å².